The number of amides is 1. The minimum atomic E-state index is -0.439. The highest BCUT2D eigenvalue weighted by molar-refractivity contribution is 6.03. The number of rotatable bonds is 3. The summed E-state index contributed by atoms with van der Waals surface area (Å²) >= 11 is 0. The summed E-state index contributed by atoms with van der Waals surface area (Å²) in [5.41, 5.74) is 0.780. The Kier molecular flexibility index (Phi) is 3.77. The number of hydrogen-bond acceptors (Lipinski definition) is 6. The Morgan fingerprint density at radius 2 is 1.88 bits per heavy atom. The quantitative estimate of drug-likeness (QED) is 0.788. The molecule has 0 spiro atoms. The Labute approximate surface area is 141 Å². The zero-order valence-electron chi connectivity index (χ0n) is 12.9. The molecular formula is C17H12FN3O4. The van der Waals surface area contributed by atoms with Crippen LogP contribution in [-0.4, -0.2) is 29.3 Å². The highest BCUT2D eigenvalue weighted by atomic mass is 19.1. The number of fused-ring (bicyclic) bond motifs is 1. The van der Waals surface area contributed by atoms with Gasteiger partial charge in [-0.15, -0.1) is 5.10 Å². The van der Waals surface area contributed by atoms with Crippen LogP contribution in [0.25, 0.3) is 11.5 Å². The number of halogens is 1. The van der Waals surface area contributed by atoms with Gasteiger partial charge in [0.2, 0.25) is 5.89 Å². The second-order valence-electron chi connectivity index (χ2n) is 5.24. The second kappa shape index (κ2) is 6.23. The summed E-state index contributed by atoms with van der Waals surface area (Å²) in [5, 5.41) is 10.1. The molecule has 1 aliphatic heterocycles. The number of ether oxygens (including phenoxy) is 2. The SMILES string of the molecule is O=C(Nc1nnc(-c2cccc(F)c2)o1)c1ccc2c(c1)OCCO2. The van der Waals surface area contributed by atoms with Crippen LogP contribution in [0, 0.1) is 5.82 Å². The van der Waals surface area contributed by atoms with Gasteiger partial charge in [0.25, 0.3) is 5.91 Å². The second-order valence-corrected chi connectivity index (χ2v) is 5.24. The first-order chi connectivity index (χ1) is 12.2. The van der Waals surface area contributed by atoms with Gasteiger partial charge in [-0.25, -0.2) is 4.39 Å². The molecule has 1 aromatic heterocycles. The van der Waals surface area contributed by atoms with Crippen LogP contribution in [0.5, 0.6) is 11.5 Å². The number of carbonyl (C=O) groups is 1. The summed E-state index contributed by atoms with van der Waals surface area (Å²) in [5.74, 6) is 0.347. The molecule has 1 amide bonds. The van der Waals surface area contributed by atoms with Crippen molar-refractivity contribution in [2.45, 2.75) is 0 Å². The molecule has 0 saturated heterocycles. The number of aromatic nitrogens is 2. The van der Waals surface area contributed by atoms with Gasteiger partial charge in [0.05, 0.1) is 0 Å². The molecule has 0 radical (unpaired) electrons. The van der Waals surface area contributed by atoms with Crippen molar-refractivity contribution >= 4 is 11.9 Å². The third-order valence-electron chi connectivity index (χ3n) is 3.52. The Hall–Kier alpha value is -3.42. The minimum absolute atomic E-state index is 0.0841. The van der Waals surface area contributed by atoms with Crippen molar-refractivity contribution in [1.29, 1.82) is 0 Å². The highest BCUT2D eigenvalue weighted by Gasteiger charge is 2.17. The van der Waals surface area contributed by atoms with Crippen LogP contribution in [0.1, 0.15) is 10.4 Å². The van der Waals surface area contributed by atoms with Gasteiger partial charge in [-0.3, -0.25) is 10.1 Å². The Morgan fingerprint density at radius 1 is 1.04 bits per heavy atom. The van der Waals surface area contributed by atoms with E-state index in [1.54, 1.807) is 24.3 Å². The number of anilines is 1. The van der Waals surface area contributed by atoms with Crippen molar-refractivity contribution in [2.24, 2.45) is 0 Å². The molecule has 0 unspecified atom stereocenters. The van der Waals surface area contributed by atoms with Crippen molar-refractivity contribution in [1.82, 2.24) is 10.2 Å². The van der Waals surface area contributed by atoms with E-state index < -0.39 is 11.7 Å². The van der Waals surface area contributed by atoms with E-state index in [2.05, 4.69) is 15.5 Å². The molecule has 7 nitrogen and oxygen atoms in total. The fourth-order valence-corrected chi connectivity index (χ4v) is 2.37. The molecule has 2 heterocycles. The van der Waals surface area contributed by atoms with Crippen LogP contribution in [0.4, 0.5) is 10.4 Å². The first-order valence-electron chi connectivity index (χ1n) is 7.49. The van der Waals surface area contributed by atoms with Gasteiger partial charge in [-0.1, -0.05) is 11.2 Å². The average Bonchev–Trinajstić information content (AvgIpc) is 3.10. The van der Waals surface area contributed by atoms with E-state index in [9.17, 15) is 9.18 Å². The zero-order chi connectivity index (χ0) is 17.2. The predicted molar refractivity (Wildman–Crippen MR) is 85.1 cm³/mol. The van der Waals surface area contributed by atoms with Gasteiger partial charge >= 0.3 is 6.01 Å². The Morgan fingerprint density at radius 3 is 2.72 bits per heavy atom. The molecule has 0 fully saturated rings. The van der Waals surface area contributed by atoms with Crippen molar-refractivity contribution in [3.05, 3.63) is 53.8 Å². The van der Waals surface area contributed by atoms with E-state index in [1.165, 1.54) is 18.2 Å². The summed E-state index contributed by atoms with van der Waals surface area (Å²) in [4.78, 5) is 12.3. The largest absolute Gasteiger partial charge is 0.486 e. The third kappa shape index (κ3) is 3.14. The lowest BCUT2D eigenvalue weighted by atomic mass is 10.2. The molecule has 8 heteroatoms. The molecular weight excluding hydrogens is 329 g/mol. The summed E-state index contributed by atoms with van der Waals surface area (Å²) in [6, 6.07) is 10.5. The average molecular weight is 341 g/mol. The van der Waals surface area contributed by atoms with Crippen LogP contribution < -0.4 is 14.8 Å². The minimum Gasteiger partial charge on any atom is -0.486 e. The first-order valence-corrected chi connectivity index (χ1v) is 7.49. The van der Waals surface area contributed by atoms with E-state index in [1.807, 2.05) is 0 Å². The zero-order valence-corrected chi connectivity index (χ0v) is 12.9. The molecule has 1 aliphatic rings. The molecule has 0 atom stereocenters. The normalized spacial score (nSPS) is 12.7. The topological polar surface area (TPSA) is 86.5 Å². The maximum absolute atomic E-state index is 13.2. The van der Waals surface area contributed by atoms with Gasteiger partial charge in [-0.05, 0) is 36.4 Å². The Balaban J connectivity index is 1.52. The van der Waals surface area contributed by atoms with Crippen LogP contribution >= 0.6 is 0 Å². The number of nitrogens with one attached hydrogen (secondary N) is 1. The van der Waals surface area contributed by atoms with Gasteiger partial charge in [0, 0.05) is 11.1 Å². The van der Waals surface area contributed by atoms with Crippen molar-refractivity contribution in [2.75, 3.05) is 18.5 Å². The fourth-order valence-electron chi connectivity index (χ4n) is 2.37. The van der Waals surface area contributed by atoms with E-state index in [0.29, 0.717) is 35.8 Å². The number of nitrogens with zero attached hydrogens (tertiary/aromatic N) is 2. The summed E-state index contributed by atoms with van der Waals surface area (Å²) in [6.45, 7) is 0.905. The Bertz CT molecular complexity index is 941. The number of hydrogen-bond donors (Lipinski definition) is 1. The number of carbonyl (C=O) groups excluding carboxylic acids is 1. The molecule has 0 aliphatic carbocycles. The maximum Gasteiger partial charge on any atom is 0.322 e. The molecule has 25 heavy (non-hydrogen) atoms. The molecule has 4 rings (SSSR count). The molecule has 0 saturated carbocycles. The van der Waals surface area contributed by atoms with Crippen LogP contribution in [0.2, 0.25) is 0 Å². The van der Waals surface area contributed by atoms with Crippen molar-refractivity contribution in [3.8, 4) is 23.0 Å². The monoisotopic (exact) mass is 341 g/mol. The summed E-state index contributed by atoms with van der Waals surface area (Å²) < 4.78 is 29.5. The predicted octanol–water partition coefficient (Wildman–Crippen LogP) is 2.90. The first kappa shape index (κ1) is 15.1. The van der Waals surface area contributed by atoms with Gasteiger partial charge in [0.1, 0.15) is 19.0 Å². The lowest BCUT2D eigenvalue weighted by Crippen LogP contribution is -2.17. The summed E-state index contributed by atoms with van der Waals surface area (Å²) in [6.07, 6.45) is 0. The fraction of sp³-hybridized carbons (Fsp3) is 0.118. The molecule has 1 N–H and O–H groups in total. The van der Waals surface area contributed by atoms with E-state index in [-0.39, 0.29) is 11.9 Å². The van der Waals surface area contributed by atoms with E-state index in [4.69, 9.17) is 13.9 Å². The van der Waals surface area contributed by atoms with E-state index >= 15 is 0 Å². The third-order valence-corrected chi connectivity index (χ3v) is 3.52. The maximum atomic E-state index is 13.2. The van der Waals surface area contributed by atoms with Gasteiger partial charge in [-0.2, -0.15) is 0 Å². The lowest BCUT2D eigenvalue weighted by molar-refractivity contribution is 0.102. The van der Waals surface area contributed by atoms with Crippen molar-refractivity contribution < 1.29 is 23.1 Å². The number of benzene rings is 2. The highest BCUT2D eigenvalue weighted by Crippen LogP contribution is 2.31. The van der Waals surface area contributed by atoms with Crippen LogP contribution in [0.15, 0.2) is 46.9 Å². The van der Waals surface area contributed by atoms with Crippen LogP contribution in [0.3, 0.4) is 0 Å². The molecule has 2 aromatic carbocycles. The van der Waals surface area contributed by atoms with Gasteiger partial charge < -0.3 is 13.9 Å². The van der Waals surface area contributed by atoms with E-state index in [0.717, 1.165) is 0 Å². The molecule has 3 aromatic rings. The lowest BCUT2D eigenvalue weighted by Gasteiger charge is -2.18. The standard InChI is InChI=1S/C17H12FN3O4/c18-12-3-1-2-11(8-12)16-20-21-17(25-16)19-15(22)10-4-5-13-14(9-10)24-7-6-23-13/h1-5,8-9H,6-7H2,(H,19,21,22). The molecule has 126 valence electrons. The smallest absolute Gasteiger partial charge is 0.322 e. The summed E-state index contributed by atoms with van der Waals surface area (Å²) in [7, 11) is 0. The van der Waals surface area contributed by atoms with Gasteiger partial charge in [0.15, 0.2) is 11.5 Å². The molecule has 0 bridgehead atoms. The van der Waals surface area contributed by atoms with Crippen LogP contribution in [-0.2, 0) is 0 Å². The van der Waals surface area contributed by atoms with Crippen molar-refractivity contribution in [3.63, 3.8) is 0 Å².